The maximum atomic E-state index is 12.8. The minimum absolute atomic E-state index is 0.0371. The van der Waals surface area contributed by atoms with Crippen LogP contribution in [0, 0.1) is 0 Å². The van der Waals surface area contributed by atoms with Crippen molar-refractivity contribution in [3.63, 3.8) is 0 Å². The molecule has 0 radical (unpaired) electrons. The summed E-state index contributed by atoms with van der Waals surface area (Å²) in [4.78, 5) is 38.3. The SMILES string of the molecule is CC[C@@H](CC(=O)N1C(C)SCC1C(=O)O)NC(=O)OCC1c2ccccc2-c2ccccc21. The van der Waals surface area contributed by atoms with Gasteiger partial charge < -0.3 is 20.1 Å². The van der Waals surface area contributed by atoms with Gasteiger partial charge in [-0.1, -0.05) is 55.5 Å². The van der Waals surface area contributed by atoms with E-state index in [1.54, 1.807) is 0 Å². The van der Waals surface area contributed by atoms with Gasteiger partial charge in [0.15, 0.2) is 0 Å². The highest BCUT2D eigenvalue weighted by molar-refractivity contribution is 8.00. The van der Waals surface area contributed by atoms with Crippen LogP contribution in [-0.2, 0) is 14.3 Å². The van der Waals surface area contributed by atoms with Crippen molar-refractivity contribution in [2.75, 3.05) is 12.4 Å². The van der Waals surface area contributed by atoms with E-state index in [1.165, 1.54) is 16.7 Å². The predicted octanol–water partition coefficient (Wildman–Crippen LogP) is 4.07. The fourth-order valence-electron chi connectivity index (χ4n) is 4.63. The van der Waals surface area contributed by atoms with E-state index in [9.17, 15) is 19.5 Å². The Balaban J connectivity index is 1.36. The third kappa shape index (κ3) is 4.71. The molecule has 0 spiro atoms. The van der Waals surface area contributed by atoms with Crippen LogP contribution in [0.25, 0.3) is 11.1 Å². The highest BCUT2D eigenvalue weighted by atomic mass is 32.2. The summed E-state index contributed by atoms with van der Waals surface area (Å²) in [5.41, 5.74) is 4.58. The number of ether oxygens (including phenoxy) is 1. The van der Waals surface area contributed by atoms with E-state index in [1.807, 2.05) is 38.1 Å². The van der Waals surface area contributed by atoms with Crippen molar-refractivity contribution in [1.29, 1.82) is 0 Å². The van der Waals surface area contributed by atoms with E-state index in [2.05, 4.69) is 29.6 Å². The monoisotopic (exact) mass is 468 g/mol. The van der Waals surface area contributed by atoms with Crippen LogP contribution in [0.2, 0.25) is 0 Å². The first-order valence-electron chi connectivity index (χ1n) is 11.2. The minimum Gasteiger partial charge on any atom is -0.480 e. The number of carboxylic acid groups (broad SMARTS) is 1. The van der Waals surface area contributed by atoms with Gasteiger partial charge in [0.2, 0.25) is 5.91 Å². The summed E-state index contributed by atoms with van der Waals surface area (Å²) in [6.07, 6.45) is -0.00607. The van der Waals surface area contributed by atoms with Crippen molar-refractivity contribution < 1.29 is 24.2 Å². The summed E-state index contributed by atoms with van der Waals surface area (Å²) in [5.74, 6) is -0.939. The molecule has 0 bridgehead atoms. The number of fused-ring (bicyclic) bond motifs is 3. The van der Waals surface area contributed by atoms with Crippen molar-refractivity contribution in [1.82, 2.24) is 10.2 Å². The zero-order chi connectivity index (χ0) is 23.5. The van der Waals surface area contributed by atoms with Crippen molar-refractivity contribution >= 4 is 29.7 Å². The zero-order valence-electron chi connectivity index (χ0n) is 18.7. The Bertz CT molecular complexity index is 1010. The number of thioether (sulfide) groups is 1. The van der Waals surface area contributed by atoms with E-state index in [0.717, 1.165) is 22.3 Å². The summed E-state index contributed by atoms with van der Waals surface area (Å²) >= 11 is 1.44. The van der Waals surface area contributed by atoms with Crippen LogP contribution in [0.3, 0.4) is 0 Å². The van der Waals surface area contributed by atoms with Crippen LogP contribution in [0.4, 0.5) is 4.79 Å². The van der Waals surface area contributed by atoms with Crippen LogP contribution in [0.5, 0.6) is 0 Å². The lowest BCUT2D eigenvalue weighted by atomic mass is 9.98. The summed E-state index contributed by atoms with van der Waals surface area (Å²) in [6, 6.07) is 15.0. The number of carbonyl (C=O) groups is 3. The number of aliphatic carboxylic acids is 1. The van der Waals surface area contributed by atoms with Crippen LogP contribution in [0.15, 0.2) is 48.5 Å². The van der Waals surface area contributed by atoms with Gasteiger partial charge in [0, 0.05) is 24.1 Å². The number of amides is 2. The third-order valence-electron chi connectivity index (χ3n) is 6.38. The number of alkyl carbamates (subject to hydrolysis) is 1. The van der Waals surface area contributed by atoms with Crippen LogP contribution in [-0.4, -0.2) is 57.8 Å². The van der Waals surface area contributed by atoms with E-state index < -0.39 is 24.1 Å². The molecule has 1 saturated heterocycles. The summed E-state index contributed by atoms with van der Waals surface area (Å²) in [6.45, 7) is 3.90. The molecule has 2 unspecified atom stereocenters. The zero-order valence-corrected chi connectivity index (χ0v) is 19.5. The second kappa shape index (κ2) is 9.87. The van der Waals surface area contributed by atoms with Crippen molar-refractivity contribution in [3.8, 4) is 11.1 Å². The quantitative estimate of drug-likeness (QED) is 0.636. The molecule has 7 nitrogen and oxygen atoms in total. The molecule has 1 aliphatic carbocycles. The molecule has 0 saturated carbocycles. The topological polar surface area (TPSA) is 95.9 Å². The molecule has 2 N–H and O–H groups in total. The van der Waals surface area contributed by atoms with Gasteiger partial charge in [0.25, 0.3) is 0 Å². The first-order valence-corrected chi connectivity index (χ1v) is 12.2. The fourth-order valence-corrected chi connectivity index (χ4v) is 5.82. The largest absolute Gasteiger partial charge is 0.480 e. The molecular formula is C25H28N2O5S. The number of hydrogen-bond donors (Lipinski definition) is 2. The molecular weight excluding hydrogens is 440 g/mol. The van der Waals surface area contributed by atoms with Gasteiger partial charge in [-0.25, -0.2) is 9.59 Å². The first-order chi connectivity index (χ1) is 15.9. The van der Waals surface area contributed by atoms with E-state index in [4.69, 9.17) is 4.74 Å². The molecule has 4 rings (SSSR count). The Kier molecular flexibility index (Phi) is 6.93. The molecule has 1 fully saturated rings. The van der Waals surface area contributed by atoms with Gasteiger partial charge >= 0.3 is 12.1 Å². The Morgan fingerprint density at radius 3 is 2.30 bits per heavy atom. The highest BCUT2D eigenvalue weighted by Gasteiger charge is 2.40. The van der Waals surface area contributed by atoms with Gasteiger partial charge in [-0.2, -0.15) is 0 Å². The number of carbonyl (C=O) groups excluding carboxylic acids is 2. The predicted molar refractivity (Wildman–Crippen MR) is 127 cm³/mol. The van der Waals surface area contributed by atoms with Crippen molar-refractivity contribution in [2.45, 2.75) is 50.1 Å². The number of benzene rings is 2. The first kappa shape index (κ1) is 23.2. The third-order valence-corrected chi connectivity index (χ3v) is 7.59. The Hall–Kier alpha value is -3.00. The average molecular weight is 469 g/mol. The molecule has 0 aromatic heterocycles. The van der Waals surface area contributed by atoms with E-state index in [0.29, 0.717) is 12.2 Å². The van der Waals surface area contributed by atoms with Gasteiger partial charge in [-0.3, -0.25) is 4.79 Å². The van der Waals surface area contributed by atoms with Gasteiger partial charge in [0.05, 0.1) is 5.37 Å². The fraction of sp³-hybridized carbons (Fsp3) is 0.400. The number of hydrogen-bond acceptors (Lipinski definition) is 5. The van der Waals surface area contributed by atoms with Gasteiger partial charge in [-0.15, -0.1) is 11.8 Å². The number of nitrogens with zero attached hydrogens (tertiary/aromatic N) is 1. The standard InChI is InChI=1S/C25H28N2O5S/c1-3-16(12-23(28)27-15(2)33-14-22(27)24(29)30)26-25(31)32-13-21-19-10-6-4-8-17(19)18-9-5-7-11-20(18)21/h4-11,15-16,21-22H,3,12-14H2,1-2H3,(H,26,31)(H,29,30)/t15?,16-,22?/m0/s1. The smallest absolute Gasteiger partial charge is 0.407 e. The number of carboxylic acids is 1. The van der Waals surface area contributed by atoms with Crippen LogP contribution in [0.1, 0.15) is 43.7 Å². The summed E-state index contributed by atoms with van der Waals surface area (Å²) in [7, 11) is 0. The second-order valence-corrected chi connectivity index (χ2v) is 9.72. The van der Waals surface area contributed by atoms with Gasteiger partial charge in [-0.05, 0) is 35.6 Å². The maximum absolute atomic E-state index is 12.8. The molecule has 3 atom stereocenters. The Labute approximate surface area is 197 Å². The number of nitrogens with one attached hydrogen (secondary N) is 1. The Morgan fingerprint density at radius 1 is 1.12 bits per heavy atom. The summed E-state index contributed by atoms with van der Waals surface area (Å²) in [5, 5.41) is 12.0. The van der Waals surface area contributed by atoms with Gasteiger partial charge in [0.1, 0.15) is 12.6 Å². The van der Waals surface area contributed by atoms with Crippen LogP contribution < -0.4 is 5.32 Å². The maximum Gasteiger partial charge on any atom is 0.407 e. The molecule has 2 amide bonds. The molecule has 174 valence electrons. The molecule has 2 aromatic carbocycles. The van der Waals surface area contributed by atoms with Crippen molar-refractivity contribution in [3.05, 3.63) is 59.7 Å². The lowest BCUT2D eigenvalue weighted by Gasteiger charge is -2.27. The normalized spacial score (nSPS) is 20.1. The molecule has 33 heavy (non-hydrogen) atoms. The van der Waals surface area contributed by atoms with E-state index in [-0.39, 0.29) is 30.2 Å². The van der Waals surface area contributed by atoms with E-state index >= 15 is 0 Å². The highest BCUT2D eigenvalue weighted by Crippen LogP contribution is 2.44. The van der Waals surface area contributed by atoms with Crippen LogP contribution >= 0.6 is 11.8 Å². The number of rotatable bonds is 7. The molecule has 2 aliphatic rings. The molecule has 1 aliphatic heterocycles. The lowest BCUT2D eigenvalue weighted by molar-refractivity contribution is -0.149. The average Bonchev–Trinajstić information content (AvgIpc) is 3.35. The molecule has 8 heteroatoms. The molecule has 1 heterocycles. The second-order valence-electron chi connectivity index (χ2n) is 8.37. The molecule has 2 aromatic rings. The van der Waals surface area contributed by atoms with Crippen molar-refractivity contribution in [2.24, 2.45) is 0 Å². The lowest BCUT2D eigenvalue weighted by Crippen LogP contribution is -2.47. The Morgan fingerprint density at radius 2 is 1.73 bits per heavy atom. The minimum atomic E-state index is -1.00. The summed E-state index contributed by atoms with van der Waals surface area (Å²) < 4.78 is 5.59.